The number of phenolic OH excluding ortho intramolecular Hbond substituents is 1. The summed E-state index contributed by atoms with van der Waals surface area (Å²) in [5.41, 5.74) is 0.857. The van der Waals surface area contributed by atoms with Crippen molar-refractivity contribution in [3.63, 3.8) is 0 Å². The van der Waals surface area contributed by atoms with Crippen LogP contribution in [-0.4, -0.2) is 46.0 Å². The third-order valence-electron chi connectivity index (χ3n) is 5.50. The largest absolute Gasteiger partial charge is 0.508 e. The molecule has 132 valence electrons. The van der Waals surface area contributed by atoms with E-state index in [1.54, 1.807) is 18.2 Å². The minimum absolute atomic E-state index is 0.135. The number of aliphatic hydroxyl groups excluding tert-OH is 1. The lowest BCUT2D eigenvalue weighted by Crippen LogP contribution is -2.52. The monoisotopic (exact) mass is 341 g/mol. The number of benzene rings is 2. The van der Waals surface area contributed by atoms with Crippen LogP contribution in [0.15, 0.2) is 48.5 Å². The van der Waals surface area contributed by atoms with Gasteiger partial charge in [0.05, 0.1) is 11.6 Å². The van der Waals surface area contributed by atoms with Crippen molar-refractivity contribution in [2.75, 3.05) is 19.7 Å². The summed E-state index contributed by atoms with van der Waals surface area (Å²) in [4.78, 5) is 2.19. The topological polar surface area (TPSA) is 73.2 Å². The summed E-state index contributed by atoms with van der Waals surface area (Å²) in [7, 11) is 0. The molecule has 0 bridgehead atoms. The van der Waals surface area contributed by atoms with Gasteiger partial charge in [0, 0.05) is 24.7 Å². The van der Waals surface area contributed by atoms with Crippen molar-refractivity contribution in [2.24, 2.45) is 0 Å². The van der Waals surface area contributed by atoms with Crippen molar-refractivity contribution < 1.29 is 20.1 Å². The van der Waals surface area contributed by atoms with E-state index in [0.717, 1.165) is 5.56 Å². The molecule has 0 aliphatic carbocycles. The molecule has 2 aromatic rings. The molecule has 2 atom stereocenters. The quantitative estimate of drug-likeness (QED) is 0.781. The molecular weight excluding hydrogens is 318 g/mol. The van der Waals surface area contributed by atoms with Crippen LogP contribution >= 0.6 is 0 Å². The highest BCUT2D eigenvalue weighted by Gasteiger charge is 2.40. The summed E-state index contributed by atoms with van der Waals surface area (Å²) in [6.07, 6.45) is 0.595. The van der Waals surface area contributed by atoms with E-state index in [1.807, 2.05) is 30.3 Å². The fourth-order valence-electron chi connectivity index (χ4n) is 3.93. The molecule has 5 heteroatoms. The highest BCUT2D eigenvalue weighted by atomic mass is 16.5. The molecule has 1 saturated heterocycles. The molecule has 0 saturated carbocycles. The first-order valence-electron chi connectivity index (χ1n) is 8.72. The number of aliphatic hydroxyl groups is 2. The normalized spacial score (nSPS) is 25.8. The average Bonchev–Trinajstić information content (AvgIpc) is 2.64. The first-order valence-corrected chi connectivity index (χ1v) is 8.72. The number of piperidine rings is 1. The Kier molecular flexibility index (Phi) is 4.15. The van der Waals surface area contributed by atoms with Crippen molar-refractivity contribution in [1.29, 1.82) is 0 Å². The van der Waals surface area contributed by atoms with Gasteiger partial charge < -0.3 is 20.1 Å². The summed E-state index contributed by atoms with van der Waals surface area (Å²) in [5, 5.41) is 31.3. The van der Waals surface area contributed by atoms with Gasteiger partial charge in [0.2, 0.25) is 0 Å². The van der Waals surface area contributed by atoms with E-state index in [4.69, 9.17) is 4.74 Å². The van der Waals surface area contributed by atoms with Crippen molar-refractivity contribution in [2.45, 2.75) is 30.6 Å². The Labute approximate surface area is 147 Å². The van der Waals surface area contributed by atoms with Crippen molar-refractivity contribution in [1.82, 2.24) is 4.90 Å². The Morgan fingerprint density at radius 3 is 2.48 bits per heavy atom. The van der Waals surface area contributed by atoms with Crippen LogP contribution in [0.2, 0.25) is 0 Å². The summed E-state index contributed by atoms with van der Waals surface area (Å²) in [6.45, 7) is 1.77. The Morgan fingerprint density at radius 2 is 1.76 bits per heavy atom. The Bertz CT molecular complexity index is 741. The van der Waals surface area contributed by atoms with E-state index in [2.05, 4.69) is 4.90 Å². The lowest BCUT2D eigenvalue weighted by molar-refractivity contribution is -0.0665. The summed E-state index contributed by atoms with van der Waals surface area (Å²) >= 11 is 0. The molecule has 0 spiro atoms. The molecule has 2 aliphatic heterocycles. The SMILES string of the molecule is Oc1ccc2c(c1)OC[C@H](N1CCC(O)(c3ccccc3)CC1)[C@@H]2O. The van der Waals surface area contributed by atoms with Crippen molar-refractivity contribution in [3.8, 4) is 11.5 Å². The molecule has 0 unspecified atom stereocenters. The number of rotatable bonds is 2. The van der Waals surface area contributed by atoms with E-state index in [1.165, 1.54) is 0 Å². The third kappa shape index (κ3) is 2.99. The van der Waals surface area contributed by atoms with Crippen LogP contribution < -0.4 is 4.74 Å². The summed E-state index contributed by atoms with van der Waals surface area (Å²) < 4.78 is 5.75. The first-order chi connectivity index (χ1) is 12.1. The maximum atomic E-state index is 11.0. The van der Waals surface area contributed by atoms with Gasteiger partial charge in [-0.2, -0.15) is 0 Å². The van der Waals surface area contributed by atoms with Crippen LogP contribution in [0.4, 0.5) is 0 Å². The predicted molar refractivity (Wildman–Crippen MR) is 93.5 cm³/mol. The van der Waals surface area contributed by atoms with Crippen molar-refractivity contribution in [3.05, 3.63) is 59.7 Å². The van der Waals surface area contributed by atoms with Gasteiger partial charge in [0.25, 0.3) is 0 Å². The zero-order valence-electron chi connectivity index (χ0n) is 14.0. The second kappa shape index (κ2) is 6.33. The fourth-order valence-corrected chi connectivity index (χ4v) is 3.93. The average molecular weight is 341 g/mol. The highest BCUT2D eigenvalue weighted by molar-refractivity contribution is 5.43. The van der Waals surface area contributed by atoms with E-state index in [0.29, 0.717) is 43.9 Å². The molecule has 0 radical (unpaired) electrons. The zero-order chi connectivity index (χ0) is 17.4. The number of ether oxygens (including phenoxy) is 1. The van der Waals surface area contributed by atoms with Gasteiger partial charge in [-0.3, -0.25) is 4.90 Å². The van der Waals surface area contributed by atoms with Gasteiger partial charge >= 0.3 is 0 Å². The smallest absolute Gasteiger partial charge is 0.128 e. The van der Waals surface area contributed by atoms with Crippen LogP contribution in [-0.2, 0) is 5.60 Å². The number of hydrogen-bond donors (Lipinski definition) is 3. The molecule has 1 fully saturated rings. The third-order valence-corrected chi connectivity index (χ3v) is 5.50. The summed E-state index contributed by atoms with van der Waals surface area (Å²) in [5.74, 6) is 0.678. The van der Waals surface area contributed by atoms with Crippen LogP contribution in [0.3, 0.4) is 0 Å². The number of hydrogen-bond acceptors (Lipinski definition) is 5. The molecule has 2 aliphatic rings. The molecule has 5 nitrogen and oxygen atoms in total. The van der Waals surface area contributed by atoms with Gasteiger partial charge in [-0.05, 0) is 30.5 Å². The first kappa shape index (κ1) is 16.4. The zero-order valence-corrected chi connectivity index (χ0v) is 14.0. The summed E-state index contributed by atoms with van der Waals surface area (Å²) in [6, 6.07) is 14.5. The number of likely N-dealkylation sites (tertiary alicyclic amines) is 1. The molecule has 4 rings (SSSR count). The molecule has 0 amide bonds. The van der Waals surface area contributed by atoms with Crippen LogP contribution in [0.1, 0.15) is 30.1 Å². The molecular formula is C20H23NO4. The van der Waals surface area contributed by atoms with Gasteiger partial charge in [-0.15, -0.1) is 0 Å². The van der Waals surface area contributed by atoms with Gasteiger partial charge in [-0.1, -0.05) is 30.3 Å². The van der Waals surface area contributed by atoms with E-state index in [9.17, 15) is 15.3 Å². The second-order valence-corrected chi connectivity index (χ2v) is 6.98. The minimum atomic E-state index is -0.804. The van der Waals surface area contributed by atoms with Gasteiger partial charge in [0.1, 0.15) is 24.2 Å². The predicted octanol–water partition coefficient (Wildman–Crippen LogP) is 2.17. The number of nitrogens with zero attached hydrogens (tertiary/aromatic N) is 1. The number of aromatic hydroxyl groups is 1. The Balaban J connectivity index is 1.47. The lowest BCUT2D eigenvalue weighted by Gasteiger charge is -2.44. The molecule has 2 aromatic carbocycles. The number of phenols is 1. The van der Waals surface area contributed by atoms with Crippen LogP contribution in [0.5, 0.6) is 11.5 Å². The fraction of sp³-hybridized carbons (Fsp3) is 0.400. The molecule has 25 heavy (non-hydrogen) atoms. The maximum absolute atomic E-state index is 11.0. The molecule has 3 N–H and O–H groups in total. The Hall–Kier alpha value is -2.08. The maximum Gasteiger partial charge on any atom is 0.128 e. The number of fused-ring (bicyclic) bond motifs is 1. The van der Waals surface area contributed by atoms with Crippen LogP contribution in [0.25, 0.3) is 0 Å². The standard InChI is InChI=1S/C20H23NO4/c22-15-6-7-16-18(12-15)25-13-17(19(16)23)21-10-8-20(24,9-11-21)14-4-2-1-3-5-14/h1-7,12,17,19,22-24H,8-11,13H2/t17-,19+/m0/s1. The van der Waals surface area contributed by atoms with Crippen molar-refractivity contribution >= 4 is 0 Å². The second-order valence-electron chi connectivity index (χ2n) is 6.98. The van der Waals surface area contributed by atoms with E-state index >= 15 is 0 Å². The van der Waals surface area contributed by atoms with Crippen LogP contribution in [0, 0.1) is 0 Å². The Morgan fingerprint density at radius 1 is 1.04 bits per heavy atom. The van der Waals surface area contributed by atoms with Gasteiger partial charge in [0.15, 0.2) is 0 Å². The van der Waals surface area contributed by atoms with E-state index in [-0.39, 0.29) is 11.8 Å². The minimum Gasteiger partial charge on any atom is -0.508 e. The van der Waals surface area contributed by atoms with Gasteiger partial charge in [-0.25, -0.2) is 0 Å². The molecule has 2 heterocycles. The molecule has 0 aromatic heterocycles. The highest BCUT2D eigenvalue weighted by Crippen LogP contribution is 2.39. The lowest BCUT2D eigenvalue weighted by atomic mass is 9.83. The van der Waals surface area contributed by atoms with E-state index < -0.39 is 11.7 Å².